The molecule has 4 rings (SSSR count). The highest BCUT2D eigenvalue weighted by molar-refractivity contribution is 8.00. The summed E-state index contributed by atoms with van der Waals surface area (Å²) >= 11 is 1.56. The molecule has 0 bridgehead atoms. The highest BCUT2D eigenvalue weighted by atomic mass is 32.2. The summed E-state index contributed by atoms with van der Waals surface area (Å²) in [5.41, 5.74) is 1.09. The monoisotopic (exact) mass is 384 g/mol. The molecule has 0 spiro atoms. The first-order valence-corrected chi connectivity index (χ1v) is 9.72. The third-order valence-electron chi connectivity index (χ3n) is 4.51. The van der Waals surface area contributed by atoms with Crippen LogP contribution in [0.3, 0.4) is 0 Å². The van der Waals surface area contributed by atoms with Crippen molar-refractivity contribution in [1.82, 2.24) is 20.1 Å². The van der Waals surface area contributed by atoms with Crippen LogP contribution in [-0.4, -0.2) is 58.0 Å². The minimum Gasteiger partial charge on any atom is -0.480 e. The lowest BCUT2D eigenvalue weighted by Gasteiger charge is -2.16. The van der Waals surface area contributed by atoms with Crippen LogP contribution in [0.1, 0.15) is 6.42 Å². The number of fused-ring (bicyclic) bond motifs is 1. The number of hydrogen-bond acceptors (Lipinski definition) is 6. The van der Waals surface area contributed by atoms with Gasteiger partial charge in [0, 0.05) is 47.1 Å². The topological polar surface area (TPSA) is 80.3 Å². The van der Waals surface area contributed by atoms with E-state index in [1.165, 1.54) is 0 Å². The summed E-state index contributed by atoms with van der Waals surface area (Å²) < 4.78 is 10.8. The Balaban J connectivity index is 1.29. The molecule has 140 valence electrons. The third-order valence-corrected chi connectivity index (χ3v) is 5.55. The number of benzene rings is 1. The second kappa shape index (κ2) is 7.87. The average molecular weight is 384 g/mol. The van der Waals surface area contributed by atoms with Gasteiger partial charge in [0.1, 0.15) is 6.10 Å². The van der Waals surface area contributed by atoms with E-state index in [9.17, 15) is 4.79 Å². The van der Waals surface area contributed by atoms with Gasteiger partial charge in [-0.3, -0.25) is 4.79 Å². The van der Waals surface area contributed by atoms with Crippen molar-refractivity contribution in [3.05, 3.63) is 42.6 Å². The van der Waals surface area contributed by atoms with Crippen molar-refractivity contribution >= 4 is 28.6 Å². The SMILES string of the molecule is COc1ccc(OC2CCN(C(=O)CSc3c[nH]c4ccccc34)C2)nn1. The fraction of sp³-hybridized carbons (Fsp3) is 0.316. The molecule has 8 heteroatoms. The molecule has 0 aliphatic carbocycles. The summed E-state index contributed by atoms with van der Waals surface area (Å²) in [4.78, 5) is 18.7. The van der Waals surface area contributed by atoms with Gasteiger partial charge in [0.05, 0.1) is 19.4 Å². The van der Waals surface area contributed by atoms with Crippen molar-refractivity contribution < 1.29 is 14.3 Å². The molecule has 7 nitrogen and oxygen atoms in total. The molecule has 3 heterocycles. The average Bonchev–Trinajstić information content (AvgIpc) is 3.34. The van der Waals surface area contributed by atoms with Crippen LogP contribution in [0.2, 0.25) is 0 Å². The molecular weight excluding hydrogens is 364 g/mol. The summed E-state index contributed by atoms with van der Waals surface area (Å²) in [5.74, 6) is 1.43. The van der Waals surface area contributed by atoms with Crippen LogP contribution < -0.4 is 9.47 Å². The first-order valence-electron chi connectivity index (χ1n) is 8.74. The molecule has 1 N–H and O–H groups in total. The van der Waals surface area contributed by atoms with E-state index in [0.717, 1.165) is 22.2 Å². The summed E-state index contributed by atoms with van der Waals surface area (Å²) in [6.07, 6.45) is 2.69. The van der Waals surface area contributed by atoms with Crippen molar-refractivity contribution in [3.8, 4) is 11.8 Å². The van der Waals surface area contributed by atoms with Gasteiger partial charge in [-0.05, 0) is 6.07 Å². The molecule has 0 radical (unpaired) electrons. The zero-order valence-electron chi connectivity index (χ0n) is 14.9. The maximum Gasteiger partial charge on any atom is 0.233 e. The number of thioether (sulfide) groups is 1. The van der Waals surface area contributed by atoms with Gasteiger partial charge in [-0.1, -0.05) is 18.2 Å². The molecule has 1 amide bonds. The minimum atomic E-state index is -0.0604. The van der Waals surface area contributed by atoms with Crippen molar-refractivity contribution in [2.45, 2.75) is 17.4 Å². The molecule has 1 fully saturated rings. The quantitative estimate of drug-likeness (QED) is 0.658. The number of H-pyrrole nitrogens is 1. The number of carbonyl (C=O) groups excluding carboxylic acids is 1. The Morgan fingerprint density at radius 1 is 1.26 bits per heavy atom. The number of nitrogens with zero attached hydrogens (tertiary/aromatic N) is 3. The predicted molar refractivity (Wildman–Crippen MR) is 103 cm³/mol. The van der Waals surface area contributed by atoms with Crippen LogP contribution in [0.5, 0.6) is 11.8 Å². The molecule has 1 atom stereocenters. The van der Waals surface area contributed by atoms with Gasteiger partial charge in [0.25, 0.3) is 0 Å². The van der Waals surface area contributed by atoms with Crippen LogP contribution in [0, 0.1) is 0 Å². The first kappa shape index (κ1) is 17.7. The Kier molecular flexibility index (Phi) is 5.15. The van der Waals surface area contributed by atoms with Gasteiger partial charge in [-0.25, -0.2) is 0 Å². The Labute approximate surface area is 161 Å². The van der Waals surface area contributed by atoms with Crippen molar-refractivity contribution in [3.63, 3.8) is 0 Å². The van der Waals surface area contributed by atoms with Gasteiger partial charge < -0.3 is 19.4 Å². The minimum absolute atomic E-state index is 0.0604. The van der Waals surface area contributed by atoms with Crippen molar-refractivity contribution in [1.29, 1.82) is 0 Å². The molecule has 1 saturated heterocycles. The Morgan fingerprint density at radius 3 is 2.89 bits per heavy atom. The number of hydrogen-bond donors (Lipinski definition) is 1. The van der Waals surface area contributed by atoms with Crippen LogP contribution in [0.25, 0.3) is 10.9 Å². The molecule has 27 heavy (non-hydrogen) atoms. The summed E-state index contributed by atoms with van der Waals surface area (Å²) in [6, 6.07) is 11.5. The van der Waals surface area contributed by atoms with Crippen LogP contribution in [0.4, 0.5) is 0 Å². The number of nitrogens with one attached hydrogen (secondary N) is 1. The van der Waals surface area contributed by atoms with Crippen molar-refractivity contribution in [2.24, 2.45) is 0 Å². The van der Waals surface area contributed by atoms with E-state index in [0.29, 0.717) is 30.6 Å². The van der Waals surface area contributed by atoms with Gasteiger partial charge in [-0.2, -0.15) is 0 Å². The van der Waals surface area contributed by atoms with Gasteiger partial charge in [0.15, 0.2) is 0 Å². The number of aromatic nitrogens is 3. The zero-order valence-corrected chi connectivity index (χ0v) is 15.7. The summed E-state index contributed by atoms with van der Waals surface area (Å²) in [7, 11) is 1.54. The largest absolute Gasteiger partial charge is 0.480 e. The molecule has 0 saturated carbocycles. The molecule has 1 unspecified atom stereocenters. The highest BCUT2D eigenvalue weighted by Crippen LogP contribution is 2.28. The highest BCUT2D eigenvalue weighted by Gasteiger charge is 2.28. The number of para-hydroxylation sites is 1. The zero-order chi connectivity index (χ0) is 18.6. The second-order valence-corrected chi connectivity index (χ2v) is 7.29. The molecule has 1 aromatic carbocycles. The van der Waals surface area contributed by atoms with Gasteiger partial charge in [0.2, 0.25) is 17.7 Å². The van der Waals surface area contributed by atoms with E-state index < -0.39 is 0 Å². The standard InChI is InChI=1S/C19H20N4O3S/c1-25-17-6-7-18(22-21-17)26-13-8-9-23(11-13)19(24)12-27-16-10-20-15-5-3-2-4-14(15)16/h2-7,10,13,20H,8-9,11-12H2,1H3. The Morgan fingerprint density at radius 2 is 2.07 bits per heavy atom. The Hall–Kier alpha value is -2.74. The van der Waals surface area contributed by atoms with E-state index in [-0.39, 0.29) is 12.0 Å². The van der Waals surface area contributed by atoms with Crippen LogP contribution in [-0.2, 0) is 4.79 Å². The smallest absolute Gasteiger partial charge is 0.233 e. The summed E-state index contributed by atoms with van der Waals surface area (Å²) in [6.45, 7) is 1.27. The number of rotatable bonds is 6. The van der Waals surface area contributed by atoms with E-state index in [4.69, 9.17) is 9.47 Å². The molecule has 2 aromatic heterocycles. The summed E-state index contributed by atoms with van der Waals surface area (Å²) in [5, 5.41) is 9.01. The lowest BCUT2D eigenvalue weighted by Crippen LogP contribution is -2.32. The lowest BCUT2D eigenvalue weighted by atomic mass is 10.2. The van der Waals surface area contributed by atoms with Gasteiger partial charge >= 0.3 is 0 Å². The number of likely N-dealkylation sites (tertiary alicyclic amines) is 1. The van der Waals surface area contributed by atoms with E-state index >= 15 is 0 Å². The Bertz CT molecular complexity index is 928. The fourth-order valence-electron chi connectivity index (χ4n) is 3.10. The first-order chi connectivity index (χ1) is 13.2. The number of methoxy groups -OCH3 is 1. The third kappa shape index (κ3) is 4.00. The van der Waals surface area contributed by atoms with E-state index in [1.54, 1.807) is 31.0 Å². The molecule has 1 aliphatic heterocycles. The second-order valence-electron chi connectivity index (χ2n) is 6.27. The maximum atomic E-state index is 12.6. The van der Waals surface area contributed by atoms with E-state index in [2.05, 4.69) is 21.2 Å². The fourth-order valence-corrected chi connectivity index (χ4v) is 4.03. The molecule has 3 aromatic rings. The number of ether oxygens (including phenoxy) is 2. The number of aromatic amines is 1. The molecular formula is C19H20N4O3S. The number of carbonyl (C=O) groups is 1. The maximum absolute atomic E-state index is 12.6. The normalized spacial score (nSPS) is 16.6. The number of amides is 1. The lowest BCUT2D eigenvalue weighted by molar-refractivity contribution is -0.127. The van der Waals surface area contributed by atoms with Crippen LogP contribution >= 0.6 is 11.8 Å². The van der Waals surface area contributed by atoms with Crippen molar-refractivity contribution in [2.75, 3.05) is 26.0 Å². The van der Waals surface area contributed by atoms with E-state index in [1.807, 2.05) is 29.3 Å². The van der Waals surface area contributed by atoms with Crippen LogP contribution in [0.15, 0.2) is 47.5 Å². The van der Waals surface area contributed by atoms with Gasteiger partial charge in [-0.15, -0.1) is 22.0 Å². The predicted octanol–water partition coefficient (Wildman–Crippen LogP) is 2.74. The molecule has 1 aliphatic rings.